The molecule has 4 rings (SSSR count). The number of morpholine rings is 1. The molecule has 3 aromatic heterocycles. The van der Waals surface area contributed by atoms with Gasteiger partial charge in [-0.15, -0.1) is 0 Å². The molecule has 1 saturated heterocycles. The number of nitrogens with two attached hydrogens (primary N) is 1. The largest absolute Gasteiger partial charge is 0.384 e. The van der Waals surface area contributed by atoms with E-state index in [1.807, 2.05) is 45.5 Å². The molecule has 37 heavy (non-hydrogen) atoms. The van der Waals surface area contributed by atoms with Crippen LogP contribution in [-0.2, 0) is 36.1 Å². The van der Waals surface area contributed by atoms with Crippen LogP contribution in [0.3, 0.4) is 0 Å². The SMILES string of the molecule is Cc1cc(N)nc(C)c1CNC(=O)Cc1c(C)ccn(NCc2c(C)nn(C)c2N2CCOCC2)c1=O. The van der Waals surface area contributed by atoms with Crippen molar-refractivity contribution in [1.29, 1.82) is 0 Å². The zero-order valence-electron chi connectivity index (χ0n) is 22.2. The molecule has 0 atom stereocenters. The standard InChI is InChI=1S/C26H36N8O3/c1-16-6-7-34(29-15-22-19(4)31-32(5)25(22)33-8-10-37-11-9-33)26(36)20(16)13-24(35)28-14-21-17(2)12-23(27)30-18(21)3/h6-7,12,29H,8-11,13-15H2,1-5H3,(H2,27,30)(H,28,35). The van der Waals surface area contributed by atoms with Gasteiger partial charge in [-0.25, -0.2) is 9.66 Å². The van der Waals surface area contributed by atoms with Crippen LogP contribution in [0.25, 0.3) is 0 Å². The summed E-state index contributed by atoms with van der Waals surface area (Å²) in [6.07, 6.45) is 1.69. The van der Waals surface area contributed by atoms with Crippen molar-refractivity contribution in [3.63, 3.8) is 0 Å². The van der Waals surface area contributed by atoms with E-state index in [0.29, 0.717) is 37.7 Å². The Balaban J connectivity index is 1.47. The number of carbonyl (C=O) groups is 1. The Morgan fingerprint density at radius 3 is 2.49 bits per heavy atom. The van der Waals surface area contributed by atoms with Gasteiger partial charge in [-0.2, -0.15) is 5.10 Å². The Kier molecular flexibility index (Phi) is 7.82. The Bertz CT molecular complexity index is 1330. The van der Waals surface area contributed by atoms with Crippen LogP contribution in [0.1, 0.15) is 39.2 Å². The lowest BCUT2D eigenvalue weighted by molar-refractivity contribution is -0.120. The maximum atomic E-state index is 13.3. The molecule has 4 N–H and O–H groups in total. The average Bonchev–Trinajstić information content (AvgIpc) is 3.13. The van der Waals surface area contributed by atoms with Gasteiger partial charge in [0.05, 0.1) is 31.9 Å². The van der Waals surface area contributed by atoms with Crippen LogP contribution < -0.4 is 26.9 Å². The Morgan fingerprint density at radius 1 is 1.05 bits per heavy atom. The van der Waals surface area contributed by atoms with E-state index in [-0.39, 0.29) is 17.9 Å². The normalized spacial score (nSPS) is 13.6. The molecule has 4 heterocycles. The molecular formula is C26H36N8O3. The molecule has 0 aliphatic carbocycles. The minimum absolute atomic E-state index is 0.0152. The van der Waals surface area contributed by atoms with Crippen LogP contribution in [0.15, 0.2) is 23.1 Å². The van der Waals surface area contributed by atoms with E-state index < -0.39 is 0 Å². The number of amides is 1. The van der Waals surface area contributed by atoms with Gasteiger partial charge in [0.2, 0.25) is 5.91 Å². The van der Waals surface area contributed by atoms with E-state index in [1.165, 1.54) is 4.68 Å². The first-order valence-electron chi connectivity index (χ1n) is 12.4. The predicted molar refractivity (Wildman–Crippen MR) is 143 cm³/mol. The fourth-order valence-electron chi connectivity index (χ4n) is 4.81. The second kappa shape index (κ2) is 11.0. The van der Waals surface area contributed by atoms with Gasteiger partial charge in [-0.3, -0.25) is 14.3 Å². The lowest BCUT2D eigenvalue weighted by Gasteiger charge is -2.29. The van der Waals surface area contributed by atoms with Gasteiger partial charge in [0.25, 0.3) is 5.56 Å². The summed E-state index contributed by atoms with van der Waals surface area (Å²) in [5, 5.41) is 7.52. The zero-order valence-corrected chi connectivity index (χ0v) is 22.2. The number of nitrogens with zero attached hydrogens (tertiary/aromatic N) is 5. The number of carbonyl (C=O) groups excluding carboxylic acids is 1. The quantitative estimate of drug-likeness (QED) is 0.414. The third kappa shape index (κ3) is 5.77. The second-order valence-corrected chi connectivity index (χ2v) is 9.48. The van der Waals surface area contributed by atoms with Crippen LogP contribution in [0, 0.1) is 27.7 Å². The van der Waals surface area contributed by atoms with Crippen LogP contribution >= 0.6 is 0 Å². The Labute approximate surface area is 216 Å². The predicted octanol–water partition coefficient (Wildman–Crippen LogP) is 1.23. The summed E-state index contributed by atoms with van der Waals surface area (Å²) in [4.78, 5) is 32.6. The van der Waals surface area contributed by atoms with Gasteiger partial charge < -0.3 is 26.1 Å². The number of anilines is 2. The third-order valence-corrected chi connectivity index (χ3v) is 6.85. The van der Waals surface area contributed by atoms with Crippen LogP contribution in [0.2, 0.25) is 0 Å². The van der Waals surface area contributed by atoms with Gasteiger partial charge in [-0.05, 0) is 56.5 Å². The van der Waals surface area contributed by atoms with Crippen molar-refractivity contribution in [2.45, 2.75) is 47.2 Å². The molecule has 1 aliphatic heterocycles. The number of hydrogen-bond donors (Lipinski definition) is 3. The first-order chi connectivity index (χ1) is 17.7. The first kappa shape index (κ1) is 26.2. The lowest BCUT2D eigenvalue weighted by atomic mass is 10.1. The van der Waals surface area contributed by atoms with Crippen molar-refractivity contribution in [2.24, 2.45) is 7.05 Å². The molecule has 198 valence electrons. The first-order valence-corrected chi connectivity index (χ1v) is 12.4. The number of aromatic nitrogens is 4. The van der Waals surface area contributed by atoms with Gasteiger partial charge in [0, 0.05) is 49.7 Å². The van der Waals surface area contributed by atoms with E-state index in [9.17, 15) is 9.59 Å². The molecule has 1 fully saturated rings. The van der Waals surface area contributed by atoms with E-state index in [2.05, 4.69) is 25.7 Å². The van der Waals surface area contributed by atoms with Gasteiger partial charge in [0.15, 0.2) is 0 Å². The lowest BCUT2D eigenvalue weighted by Crippen LogP contribution is -2.38. The highest BCUT2D eigenvalue weighted by Gasteiger charge is 2.22. The molecule has 1 amide bonds. The number of aryl methyl sites for hydroxylation is 5. The molecule has 11 nitrogen and oxygen atoms in total. The molecule has 0 bridgehead atoms. The van der Waals surface area contributed by atoms with E-state index in [0.717, 1.165) is 52.5 Å². The van der Waals surface area contributed by atoms with Gasteiger partial charge in [0.1, 0.15) is 11.6 Å². The average molecular weight is 509 g/mol. The summed E-state index contributed by atoms with van der Waals surface area (Å²) in [5.74, 6) is 1.25. The van der Waals surface area contributed by atoms with E-state index in [1.54, 1.807) is 12.3 Å². The van der Waals surface area contributed by atoms with Gasteiger partial charge in [-0.1, -0.05) is 0 Å². The highest BCUT2D eigenvalue weighted by atomic mass is 16.5. The fraction of sp³-hybridized carbons (Fsp3) is 0.462. The monoisotopic (exact) mass is 508 g/mol. The summed E-state index contributed by atoms with van der Waals surface area (Å²) in [6, 6.07) is 3.63. The van der Waals surface area contributed by atoms with Crippen molar-refractivity contribution in [3.8, 4) is 0 Å². The summed E-state index contributed by atoms with van der Waals surface area (Å²) in [6.45, 7) is 11.3. The number of hydrogen-bond acceptors (Lipinski definition) is 8. The number of nitrogen functional groups attached to an aromatic ring is 1. The summed E-state index contributed by atoms with van der Waals surface area (Å²) in [7, 11) is 1.93. The summed E-state index contributed by atoms with van der Waals surface area (Å²) in [5.41, 5.74) is 14.6. The van der Waals surface area contributed by atoms with Crippen molar-refractivity contribution in [2.75, 3.05) is 42.4 Å². The zero-order chi connectivity index (χ0) is 26.7. The second-order valence-electron chi connectivity index (χ2n) is 9.48. The highest BCUT2D eigenvalue weighted by Crippen LogP contribution is 2.24. The van der Waals surface area contributed by atoms with Crippen molar-refractivity contribution >= 4 is 17.5 Å². The van der Waals surface area contributed by atoms with E-state index >= 15 is 0 Å². The molecule has 3 aromatic rings. The molecule has 0 saturated carbocycles. The summed E-state index contributed by atoms with van der Waals surface area (Å²) < 4.78 is 8.82. The van der Waals surface area contributed by atoms with Crippen LogP contribution in [0.5, 0.6) is 0 Å². The highest BCUT2D eigenvalue weighted by molar-refractivity contribution is 5.78. The number of nitrogens with one attached hydrogen (secondary N) is 2. The van der Waals surface area contributed by atoms with Crippen molar-refractivity contribution < 1.29 is 9.53 Å². The van der Waals surface area contributed by atoms with Crippen molar-refractivity contribution in [3.05, 3.63) is 67.9 Å². The maximum Gasteiger partial charge on any atom is 0.272 e. The minimum atomic E-state index is -0.244. The van der Waals surface area contributed by atoms with E-state index in [4.69, 9.17) is 10.5 Å². The minimum Gasteiger partial charge on any atom is -0.384 e. The Hall–Kier alpha value is -3.86. The molecule has 11 heteroatoms. The molecular weight excluding hydrogens is 472 g/mol. The number of ether oxygens (including phenoxy) is 1. The number of rotatable bonds is 8. The third-order valence-electron chi connectivity index (χ3n) is 6.85. The topological polar surface area (TPSA) is 132 Å². The van der Waals surface area contributed by atoms with Crippen LogP contribution in [-0.4, -0.2) is 51.7 Å². The summed E-state index contributed by atoms with van der Waals surface area (Å²) >= 11 is 0. The number of pyridine rings is 2. The van der Waals surface area contributed by atoms with Crippen molar-refractivity contribution in [1.82, 2.24) is 24.8 Å². The molecule has 0 radical (unpaired) electrons. The molecule has 0 unspecified atom stereocenters. The molecule has 1 aliphatic rings. The fourth-order valence-corrected chi connectivity index (χ4v) is 4.81. The smallest absolute Gasteiger partial charge is 0.272 e. The van der Waals surface area contributed by atoms with Gasteiger partial charge >= 0.3 is 0 Å². The maximum absolute atomic E-state index is 13.3. The molecule has 0 spiro atoms. The Morgan fingerprint density at radius 2 is 1.78 bits per heavy atom. The van der Waals surface area contributed by atoms with Crippen LogP contribution in [0.4, 0.5) is 11.6 Å². The molecule has 0 aromatic carbocycles.